The number of hydrogen-bond donors (Lipinski definition) is 0. The van der Waals surface area contributed by atoms with Gasteiger partial charge in [-0.05, 0) is 57.1 Å². The summed E-state index contributed by atoms with van der Waals surface area (Å²) in [5.74, 6) is 1.45. The highest BCUT2D eigenvalue weighted by Crippen LogP contribution is 2.39. The van der Waals surface area contributed by atoms with Gasteiger partial charge in [-0.1, -0.05) is 18.3 Å². The zero-order valence-electron chi connectivity index (χ0n) is 21.3. The van der Waals surface area contributed by atoms with Gasteiger partial charge in [0.15, 0.2) is 16.6 Å². The van der Waals surface area contributed by atoms with Crippen LogP contribution in [-0.4, -0.2) is 82.0 Å². The molecule has 1 fully saturated rings. The SMILES string of the molecule is C[C@@H]1CCCN(S(=O)(=O)c2ccc(C(=O)N(CCN(C)C)c3nc4cc5c(cc4s3)OCCO5)cc2)C1. The molecule has 3 heterocycles. The van der Waals surface area contributed by atoms with Crippen molar-refractivity contribution in [2.24, 2.45) is 5.92 Å². The lowest BCUT2D eigenvalue weighted by atomic mass is 10.0. The molecule has 0 bridgehead atoms. The van der Waals surface area contributed by atoms with Crippen molar-refractivity contribution in [3.8, 4) is 11.5 Å². The number of hydrogen-bond acceptors (Lipinski definition) is 8. The zero-order valence-corrected chi connectivity index (χ0v) is 23.0. The zero-order chi connectivity index (χ0) is 26.2. The predicted molar refractivity (Wildman–Crippen MR) is 144 cm³/mol. The summed E-state index contributed by atoms with van der Waals surface area (Å²) in [6.07, 6.45) is 1.90. The number of thiazole rings is 1. The summed E-state index contributed by atoms with van der Waals surface area (Å²) in [6.45, 7) is 5.20. The van der Waals surface area contributed by atoms with E-state index >= 15 is 0 Å². The molecule has 0 aliphatic carbocycles. The quantitative estimate of drug-likeness (QED) is 0.448. The molecule has 0 N–H and O–H groups in total. The number of fused-ring (bicyclic) bond motifs is 2. The van der Waals surface area contributed by atoms with Gasteiger partial charge in [-0.3, -0.25) is 9.69 Å². The summed E-state index contributed by atoms with van der Waals surface area (Å²) in [6, 6.07) is 10.0. The number of rotatable bonds is 7. The third-order valence-electron chi connectivity index (χ3n) is 6.65. The molecule has 1 atom stereocenters. The second-order valence-corrected chi connectivity index (χ2v) is 12.8. The maximum atomic E-state index is 13.7. The van der Waals surface area contributed by atoms with Crippen molar-refractivity contribution in [2.45, 2.75) is 24.7 Å². The van der Waals surface area contributed by atoms with Crippen molar-refractivity contribution < 1.29 is 22.7 Å². The number of amides is 1. The van der Waals surface area contributed by atoms with Crippen molar-refractivity contribution in [2.75, 3.05) is 58.4 Å². The molecule has 2 aliphatic heterocycles. The highest BCUT2D eigenvalue weighted by molar-refractivity contribution is 7.89. The normalized spacial score (nSPS) is 18.3. The molecule has 2 aliphatic rings. The van der Waals surface area contributed by atoms with Crippen molar-refractivity contribution >= 4 is 42.6 Å². The molecule has 3 aromatic rings. The minimum atomic E-state index is -3.59. The number of carbonyl (C=O) groups is 1. The van der Waals surface area contributed by atoms with E-state index in [9.17, 15) is 13.2 Å². The average Bonchev–Trinajstić information content (AvgIpc) is 3.29. The predicted octanol–water partition coefficient (Wildman–Crippen LogP) is 3.70. The van der Waals surface area contributed by atoms with Crippen LogP contribution in [0.1, 0.15) is 30.1 Å². The third-order valence-corrected chi connectivity index (χ3v) is 9.57. The van der Waals surface area contributed by atoms with E-state index in [0.717, 1.165) is 23.1 Å². The number of benzene rings is 2. The van der Waals surface area contributed by atoms with E-state index in [1.54, 1.807) is 21.3 Å². The lowest BCUT2D eigenvalue weighted by molar-refractivity contribution is 0.0985. The van der Waals surface area contributed by atoms with Crippen LogP contribution in [0.25, 0.3) is 10.2 Å². The lowest BCUT2D eigenvalue weighted by Gasteiger charge is -2.30. The summed E-state index contributed by atoms with van der Waals surface area (Å²) in [5.41, 5.74) is 1.15. The summed E-state index contributed by atoms with van der Waals surface area (Å²) in [5, 5.41) is 0.572. The second kappa shape index (κ2) is 10.6. The Morgan fingerprint density at radius 3 is 2.49 bits per heavy atom. The van der Waals surface area contributed by atoms with Gasteiger partial charge in [0.25, 0.3) is 5.91 Å². The topological polar surface area (TPSA) is 92.3 Å². The van der Waals surface area contributed by atoms with Gasteiger partial charge in [0.05, 0.1) is 15.1 Å². The van der Waals surface area contributed by atoms with E-state index in [1.165, 1.54) is 23.5 Å². The van der Waals surface area contributed by atoms with E-state index in [-0.39, 0.29) is 10.8 Å². The second-order valence-electron chi connectivity index (χ2n) is 9.85. The van der Waals surface area contributed by atoms with Crippen molar-refractivity contribution in [1.82, 2.24) is 14.2 Å². The lowest BCUT2D eigenvalue weighted by Crippen LogP contribution is -2.39. The van der Waals surface area contributed by atoms with Gasteiger partial charge in [-0.25, -0.2) is 13.4 Å². The number of ether oxygens (including phenoxy) is 2. The molecule has 9 nitrogen and oxygen atoms in total. The van der Waals surface area contributed by atoms with Gasteiger partial charge in [-0.15, -0.1) is 0 Å². The highest BCUT2D eigenvalue weighted by atomic mass is 32.2. The molecule has 2 aromatic carbocycles. The maximum absolute atomic E-state index is 13.7. The molecule has 5 rings (SSSR count). The highest BCUT2D eigenvalue weighted by Gasteiger charge is 2.29. The van der Waals surface area contributed by atoms with E-state index in [0.29, 0.717) is 67.5 Å². The van der Waals surface area contributed by atoms with Crippen LogP contribution in [-0.2, 0) is 10.0 Å². The van der Waals surface area contributed by atoms with Crippen molar-refractivity contribution in [3.05, 3.63) is 42.0 Å². The first-order chi connectivity index (χ1) is 17.7. The summed E-state index contributed by atoms with van der Waals surface area (Å²) < 4.78 is 40.1. The maximum Gasteiger partial charge on any atom is 0.260 e. The van der Waals surface area contributed by atoms with Crippen LogP contribution < -0.4 is 14.4 Å². The number of aromatic nitrogens is 1. The largest absolute Gasteiger partial charge is 0.486 e. The van der Waals surface area contributed by atoms with Crippen molar-refractivity contribution in [3.63, 3.8) is 0 Å². The van der Waals surface area contributed by atoms with Gasteiger partial charge in [0.1, 0.15) is 13.2 Å². The van der Waals surface area contributed by atoms with Crippen LogP contribution in [0.15, 0.2) is 41.3 Å². The minimum absolute atomic E-state index is 0.212. The smallest absolute Gasteiger partial charge is 0.260 e. The van der Waals surface area contributed by atoms with Gasteiger partial charge < -0.3 is 14.4 Å². The molecule has 1 amide bonds. The minimum Gasteiger partial charge on any atom is -0.486 e. The van der Waals surface area contributed by atoms with Gasteiger partial charge in [-0.2, -0.15) is 4.31 Å². The van der Waals surface area contributed by atoms with Crippen molar-refractivity contribution in [1.29, 1.82) is 0 Å². The number of carbonyl (C=O) groups excluding carboxylic acids is 1. The van der Waals surface area contributed by atoms with Crippen LogP contribution in [0.5, 0.6) is 11.5 Å². The molecule has 1 saturated heterocycles. The first-order valence-electron chi connectivity index (χ1n) is 12.5. The molecule has 198 valence electrons. The van der Waals surface area contributed by atoms with E-state index < -0.39 is 10.0 Å². The number of nitrogens with zero attached hydrogens (tertiary/aromatic N) is 4. The molecule has 11 heteroatoms. The molecule has 0 spiro atoms. The van der Waals surface area contributed by atoms with Crippen LogP contribution in [0.2, 0.25) is 0 Å². The number of piperidine rings is 1. The Bertz CT molecular complexity index is 1340. The molecular formula is C26H32N4O5S2. The Kier molecular flexibility index (Phi) is 7.39. The van der Waals surface area contributed by atoms with Crippen LogP contribution in [0.4, 0.5) is 5.13 Å². The summed E-state index contributed by atoms with van der Waals surface area (Å²) in [4.78, 5) is 22.3. The van der Waals surface area contributed by atoms with E-state index in [1.807, 2.05) is 31.1 Å². The fourth-order valence-electron chi connectivity index (χ4n) is 4.59. The Hall–Kier alpha value is -2.73. The Balaban J connectivity index is 1.42. The fraction of sp³-hybridized carbons (Fsp3) is 0.462. The molecule has 37 heavy (non-hydrogen) atoms. The van der Waals surface area contributed by atoms with Gasteiger partial charge in [0.2, 0.25) is 10.0 Å². The van der Waals surface area contributed by atoms with Crippen LogP contribution >= 0.6 is 11.3 Å². The molecular weight excluding hydrogens is 512 g/mol. The molecule has 0 saturated carbocycles. The number of anilines is 1. The first kappa shape index (κ1) is 25.9. The van der Waals surface area contributed by atoms with E-state index in [2.05, 4.69) is 6.92 Å². The standard InChI is InChI=1S/C26H32N4O5S2/c1-18-5-4-10-29(17-18)37(32,33)20-8-6-19(7-9-20)25(31)30(12-11-28(2)3)26-27-21-15-22-23(16-24(21)36-26)35-14-13-34-22/h6-9,15-16,18H,4-5,10-14,17H2,1-3H3/t18-/m1/s1. The fourth-order valence-corrected chi connectivity index (χ4v) is 7.19. The molecule has 0 unspecified atom stereocenters. The number of likely N-dealkylation sites (N-methyl/N-ethyl adjacent to an activating group) is 1. The monoisotopic (exact) mass is 544 g/mol. The Morgan fingerprint density at radius 2 is 1.81 bits per heavy atom. The van der Waals surface area contributed by atoms with E-state index in [4.69, 9.17) is 14.5 Å². The number of sulfonamides is 1. The summed E-state index contributed by atoms with van der Waals surface area (Å²) >= 11 is 1.42. The van der Waals surface area contributed by atoms with Gasteiger partial charge in [0, 0.05) is 43.9 Å². The average molecular weight is 545 g/mol. The first-order valence-corrected chi connectivity index (χ1v) is 14.7. The molecule has 0 radical (unpaired) electrons. The molecule has 1 aromatic heterocycles. The Labute approximate surface area is 221 Å². The van der Waals surface area contributed by atoms with Crippen LogP contribution in [0, 0.1) is 5.92 Å². The third kappa shape index (κ3) is 5.45. The van der Waals surface area contributed by atoms with Crippen LogP contribution in [0.3, 0.4) is 0 Å². The van der Waals surface area contributed by atoms with Gasteiger partial charge >= 0.3 is 0 Å². The Morgan fingerprint density at radius 1 is 1.11 bits per heavy atom. The summed E-state index contributed by atoms with van der Waals surface area (Å²) in [7, 11) is 0.309.